The van der Waals surface area contributed by atoms with E-state index in [2.05, 4.69) is 25.5 Å². The molecule has 1 N–H and O–H groups in total. The van der Waals surface area contributed by atoms with E-state index in [1.165, 1.54) is 16.8 Å². The molecule has 1 aromatic carbocycles. The minimum absolute atomic E-state index is 0.314. The van der Waals surface area contributed by atoms with Crippen LogP contribution in [0.3, 0.4) is 0 Å². The van der Waals surface area contributed by atoms with Crippen LogP contribution >= 0.6 is 0 Å². The van der Waals surface area contributed by atoms with Gasteiger partial charge in [-0.1, -0.05) is 12.1 Å². The third-order valence-corrected chi connectivity index (χ3v) is 3.96. The van der Waals surface area contributed by atoms with Gasteiger partial charge < -0.3 is 10.0 Å². The molecule has 0 bridgehead atoms. The minimum atomic E-state index is -0.720. The van der Waals surface area contributed by atoms with E-state index in [0.29, 0.717) is 29.6 Å². The van der Waals surface area contributed by atoms with Gasteiger partial charge in [0.15, 0.2) is 11.5 Å². The van der Waals surface area contributed by atoms with E-state index in [9.17, 15) is 9.50 Å². The lowest BCUT2D eigenvalue weighted by atomic mass is 10.1. The summed E-state index contributed by atoms with van der Waals surface area (Å²) >= 11 is 0. The highest BCUT2D eigenvalue weighted by Crippen LogP contribution is 2.32. The first-order valence-corrected chi connectivity index (χ1v) is 7.46. The summed E-state index contributed by atoms with van der Waals surface area (Å²) in [7, 11) is 0. The number of benzene rings is 1. The number of aromatic nitrogens is 5. The van der Waals surface area contributed by atoms with Crippen LogP contribution in [-0.4, -0.2) is 42.9 Å². The van der Waals surface area contributed by atoms with Crippen molar-refractivity contribution in [1.29, 1.82) is 0 Å². The van der Waals surface area contributed by atoms with Gasteiger partial charge in [-0.3, -0.25) is 0 Å². The molecule has 4 rings (SSSR count). The van der Waals surface area contributed by atoms with Gasteiger partial charge in [-0.25, -0.2) is 4.39 Å². The molecule has 1 saturated carbocycles. The highest BCUT2D eigenvalue weighted by molar-refractivity contribution is 5.46. The standard InChI is InChI=1S/C15H15FN6O/c16-11-3-1-10(2-4-11)13(23)9-21(12-5-6-12)15-8-7-14-17-19-20-22(14)18-15/h1-4,7-8,12-13,23H,5-6,9H2. The monoisotopic (exact) mass is 314 g/mol. The average molecular weight is 314 g/mol. The Kier molecular flexibility index (Phi) is 3.38. The Balaban J connectivity index is 1.59. The first kappa shape index (κ1) is 14.0. The maximum absolute atomic E-state index is 13.0. The first-order chi connectivity index (χ1) is 11.2. The van der Waals surface area contributed by atoms with Gasteiger partial charge in [-0.05, 0) is 53.1 Å². The molecule has 3 aromatic rings. The summed E-state index contributed by atoms with van der Waals surface area (Å²) in [6, 6.07) is 9.90. The molecule has 2 aromatic heterocycles. The first-order valence-electron chi connectivity index (χ1n) is 7.46. The zero-order chi connectivity index (χ0) is 15.8. The van der Waals surface area contributed by atoms with Crippen molar-refractivity contribution in [3.05, 3.63) is 47.8 Å². The Bertz CT molecular complexity index is 816. The molecular weight excluding hydrogens is 299 g/mol. The number of rotatable bonds is 5. The molecule has 2 heterocycles. The Morgan fingerprint density at radius 2 is 2.00 bits per heavy atom. The second-order valence-corrected chi connectivity index (χ2v) is 5.67. The van der Waals surface area contributed by atoms with Crippen molar-refractivity contribution in [2.75, 3.05) is 11.4 Å². The van der Waals surface area contributed by atoms with Crippen molar-refractivity contribution in [3.63, 3.8) is 0 Å². The highest BCUT2D eigenvalue weighted by atomic mass is 19.1. The van der Waals surface area contributed by atoms with Gasteiger partial charge in [0, 0.05) is 12.6 Å². The van der Waals surface area contributed by atoms with E-state index < -0.39 is 6.10 Å². The number of anilines is 1. The van der Waals surface area contributed by atoms with E-state index in [0.717, 1.165) is 12.8 Å². The smallest absolute Gasteiger partial charge is 0.200 e. The number of hydrogen-bond donors (Lipinski definition) is 1. The van der Waals surface area contributed by atoms with Crippen LogP contribution in [0.5, 0.6) is 0 Å². The van der Waals surface area contributed by atoms with Gasteiger partial charge in [0.25, 0.3) is 0 Å². The van der Waals surface area contributed by atoms with Crippen molar-refractivity contribution in [2.45, 2.75) is 25.0 Å². The predicted molar refractivity (Wildman–Crippen MR) is 80.3 cm³/mol. The minimum Gasteiger partial charge on any atom is -0.387 e. The molecule has 0 spiro atoms. The van der Waals surface area contributed by atoms with Gasteiger partial charge in [0.1, 0.15) is 5.82 Å². The van der Waals surface area contributed by atoms with Crippen LogP contribution in [0.15, 0.2) is 36.4 Å². The summed E-state index contributed by atoms with van der Waals surface area (Å²) in [5.41, 5.74) is 1.25. The van der Waals surface area contributed by atoms with Gasteiger partial charge in [-0.15, -0.1) is 14.8 Å². The molecule has 23 heavy (non-hydrogen) atoms. The quantitative estimate of drug-likeness (QED) is 0.766. The van der Waals surface area contributed by atoms with Crippen LogP contribution in [0.25, 0.3) is 5.65 Å². The second-order valence-electron chi connectivity index (χ2n) is 5.67. The zero-order valence-electron chi connectivity index (χ0n) is 12.2. The highest BCUT2D eigenvalue weighted by Gasteiger charge is 2.32. The number of nitrogens with zero attached hydrogens (tertiary/aromatic N) is 6. The molecule has 1 fully saturated rings. The van der Waals surface area contributed by atoms with Gasteiger partial charge in [0.05, 0.1) is 6.10 Å². The number of fused-ring (bicyclic) bond motifs is 1. The fourth-order valence-electron chi connectivity index (χ4n) is 2.59. The van der Waals surface area contributed by atoms with Gasteiger partial charge in [0.2, 0.25) is 0 Å². The van der Waals surface area contributed by atoms with Gasteiger partial charge >= 0.3 is 0 Å². The molecule has 8 heteroatoms. The molecule has 1 aliphatic carbocycles. The van der Waals surface area contributed by atoms with E-state index in [1.54, 1.807) is 18.2 Å². The average Bonchev–Trinajstić information content (AvgIpc) is 3.29. The van der Waals surface area contributed by atoms with Crippen LogP contribution < -0.4 is 4.90 Å². The summed E-state index contributed by atoms with van der Waals surface area (Å²) in [4.78, 5) is 2.05. The second kappa shape index (κ2) is 5.54. The zero-order valence-corrected chi connectivity index (χ0v) is 12.2. The van der Waals surface area contributed by atoms with Crippen molar-refractivity contribution in [3.8, 4) is 0 Å². The van der Waals surface area contributed by atoms with Crippen molar-refractivity contribution in [2.24, 2.45) is 0 Å². The molecule has 1 atom stereocenters. The molecule has 1 unspecified atom stereocenters. The van der Waals surface area contributed by atoms with Crippen LogP contribution in [0.4, 0.5) is 10.2 Å². The molecule has 0 saturated heterocycles. The van der Waals surface area contributed by atoms with E-state index >= 15 is 0 Å². The molecule has 1 aliphatic rings. The predicted octanol–water partition coefficient (Wildman–Crippen LogP) is 1.36. The molecule has 118 valence electrons. The summed E-state index contributed by atoms with van der Waals surface area (Å²) in [6.07, 6.45) is 1.40. The maximum atomic E-state index is 13.0. The van der Waals surface area contributed by atoms with Crippen LogP contribution in [0.2, 0.25) is 0 Å². The van der Waals surface area contributed by atoms with Crippen molar-refractivity contribution < 1.29 is 9.50 Å². The number of tetrazole rings is 1. The van der Waals surface area contributed by atoms with Gasteiger partial charge in [-0.2, -0.15) is 0 Å². The lowest BCUT2D eigenvalue weighted by Gasteiger charge is -2.26. The van der Waals surface area contributed by atoms with E-state index in [1.807, 2.05) is 6.07 Å². The largest absolute Gasteiger partial charge is 0.387 e. The summed E-state index contributed by atoms with van der Waals surface area (Å²) in [5, 5.41) is 26.1. The van der Waals surface area contributed by atoms with E-state index in [-0.39, 0.29) is 5.82 Å². The topological polar surface area (TPSA) is 79.4 Å². The van der Waals surface area contributed by atoms with Crippen molar-refractivity contribution in [1.82, 2.24) is 25.3 Å². The summed E-state index contributed by atoms with van der Waals surface area (Å²) in [5.74, 6) is 0.402. The molecular formula is C15H15FN6O. The molecule has 0 aliphatic heterocycles. The van der Waals surface area contributed by atoms with Crippen LogP contribution in [0.1, 0.15) is 24.5 Å². The summed E-state index contributed by atoms with van der Waals surface area (Å²) < 4.78 is 14.4. The fraction of sp³-hybridized carbons (Fsp3) is 0.333. The maximum Gasteiger partial charge on any atom is 0.200 e. The number of aliphatic hydroxyl groups is 1. The lowest BCUT2D eigenvalue weighted by molar-refractivity contribution is 0.182. The number of halogens is 1. The Morgan fingerprint density at radius 3 is 2.74 bits per heavy atom. The third kappa shape index (κ3) is 2.85. The van der Waals surface area contributed by atoms with E-state index in [4.69, 9.17) is 0 Å². The third-order valence-electron chi connectivity index (χ3n) is 3.96. The summed E-state index contributed by atoms with van der Waals surface area (Å²) in [6.45, 7) is 0.386. The Hall–Kier alpha value is -2.61. The Morgan fingerprint density at radius 1 is 1.22 bits per heavy atom. The molecule has 0 amide bonds. The number of hydrogen-bond acceptors (Lipinski definition) is 6. The van der Waals surface area contributed by atoms with Crippen LogP contribution in [0, 0.1) is 5.82 Å². The number of aliphatic hydroxyl groups excluding tert-OH is 1. The van der Waals surface area contributed by atoms with Crippen molar-refractivity contribution >= 4 is 11.5 Å². The normalized spacial score (nSPS) is 15.7. The molecule has 7 nitrogen and oxygen atoms in total. The SMILES string of the molecule is OC(CN(c1ccc2nnnn2n1)C1CC1)c1ccc(F)cc1. The lowest BCUT2D eigenvalue weighted by Crippen LogP contribution is -2.32. The fourth-order valence-corrected chi connectivity index (χ4v) is 2.59. The Labute approximate surface area is 131 Å². The van der Waals surface area contributed by atoms with Crippen LogP contribution in [-0.2, 0) is 0 Å². The molecule has 0 radical (unpaired) electrons.